The first-order valence-corrected chi connectivity index (χ1v) is 6.03. The van der Waals surface area contributed by atoms with Crippen LogP contribution in [0.5, 0.6) is 11.5 Å². The zero-order valence-corrected chi connectivity index (χ0v) is 11.3. The minimum absolute atomic E-state index is 0.414. The van der Waals surface area contributed by atoms with Crippen LogP contribution < -0.4 is 9.47 Å². The number of benzene rings is 2. The van der Waals surface area contributed by atoms with Crippen molar-refractivity contribution in [1.29, 1.82) is 0 Å². The van der Waals surface area contributed by atoms with Crippen LogP contribution in [0.1, 0.15) is 21.5 Å². The molecule has 0 spiro atoms. The van der Waals surface area contributed by atoms with E-state index in [1.165, 1.54) is 7.11 Å². The van der Waals surface area contributed by atoms with E-state index in [1.54, 1.807) is 18.2 Å². The van der Waals surface area contributed by atoms with Gasteiger partial charge in [-0.2, -0.15) is 0 Å². The predicted molar refractivity (Wildman–Crippen MR) is 73.9 cm³/mol. The van der Waals surface area contributed by atoms with Gasteiger partial charge in [0.2, 0.25) is 0 Å². The van der Waals surface area contributed by atoms with Crippen molar-refractivity contribution in [2.24, 2.45) is 0 Å². The molecule has 0 fully saturated rings. The lowest BCUT2D eigenvalue weighted by molar-refractivity contribution is 0.0731. The molecular weight excluding hydrogens is 240 g/mol. The van der Waals surface area contributed by atoms with Gasteiger partial charge in [0.05, 0.1) is 7.11 Å². The van der Waals surface area contributed by atoms with Crippen LogP contribution in [0, 0.1) is 13.8 Å². The highest BCUT2D eigenvalue weighted by atomic mass is 16.5. The molecule has 0 heterocycles. The minimum Gasteiger partial charge on any atom is -0.496 e. The lowest BCUT2D eigenvalue weighted by atomic mass is 10.1. The summed E-state index contributed by atoms with van der Waals surface area (Å²) in [5.41, 5.74) is 2.54. The third kappa shape index (κ3) is 3.13. The van der Waals surface area contributed by atoms with Crippen molar-refractivity contribution < 1.29 is 14.3 Å². The Balaban J connectivity index is 2.25. The maximum atomic E-state index is 12.1. The first-order chi connectivity index (χ1) is 9.10. The van der Waals surface area contributed by atoms with Crippen LogP contribution in [0.2, 0.25) is 0 Å². The largest absolute Gasteiger partial charge is 0.496 e. The highest BCUT2D eigenvalue weighted by Gasteiger charge is 2.14. The number of hydrogen-bond acceptors (Lipinski definition) is 3. The van der Waals surface area contributed by atoms with Gasteiger partial charge in [0, 0.05) is 0 Å². The first kappa shape index (κ1) is 13.1. The first-order valence-electron chi connectivity index (χ1n) is 6.03. The van der Waals surface area contributed by atoms with Crippen molar-refractivity contribution in [2.45, 2.75) is 13.8 Å². The molecule has 0 aliphatic heterocycles. The summed E-state index contributed by atoms with van der Waals surface area (Å²) in [6.45, 7) is 3.93. The summed E-state index contributed by atoms with van der Waals surface area (Å²) >= 11 is 0. The topological polar surface area (TPSA) is 35.5 Å². The number of rotatable bonds is 3. The molecule has 0 radical (unpaired) electrons. The van der Waals surface area contributed by atoms with E-state index >= 15 is 0 Å². The highest BCUT2D eigenvalue weighted by Crippen LogP contribution is 2.21. The number of ether oxygens (including phenoxy) is 2. The molecular formula is C16H16O3. The van der Waals surface area contributed by atoms with Crippen molar-refractivity contribution in [3.05, 3.63) is 59.2 Å². The quantitative estimate of drug-likeness (QED) is 0.622. The Morgan fingerprint density at radius 3 is 2.26 bits per heavy atom. The number of carbonyl (C=O) groups excluding carboxylic acids is 1. The fraction of sp³-hybridized carbons (Fsp3) is 0.188. The van der Waals surface area contributed by atoms with Gasteiger partial charge in [-0.15, -0.1) is 0 Å². The summed E-state index contributed by atoms with van der Waals surface area (Å²) in [6, 6.07) is 12.7. The molecule has 2 rings (SSSR count). The molecule has 0 atom stereocenters. The summed E-state index contributed by atoms with van der Waals surface area (Å²) in [5.74, 6) is 0.646. The summed E-state index contributed by atoms with van der Waals surface area (Å²) in [4.78, 5) is 12.1. The van der Waals surface area contributed by atoms with Crippen LogP contribution in [-0.2, 0) is 0 Å². The Kier molecular flexibility index (Phi) is 3.85. The summed E-state index contributed by atoms with van der Waals surface area (Å²) < 4.78 is 10.5. The normalized spacial score (nSPS) is 10.1. The number of hydrogen-bond donors (Lipinski definition) is 0. The maximum absolute atomic E-state index is 12.1. The Labute approximate surface area is 112 Å². The molecule has 3 nitrogen and oxygen atoms in total. The second-order valence-corrected chi connectivity index (χ2v) is 4.41. The van der Waals surface area contributed by atoms with Gasteiger partial charge in [0.25, 0.3) is 0 Å². The van der Waals surface area contributed by atoms with Gasteiger partial charge in [0.1, 0.15) is 17.1 Å². The molecule has 0 saturated heterocycles. The standard InChI is InChI=1S/C16H16O3/c1-11-8-12(2)10-13(9-11)19-16(17)14-6-4-5-7-15(14)18-3/h4-10H,1-3H3. The van der Waals surface area contributed by atoms with E-state index in [4.69, 9.17) is 9.47 Å². The van der Waals surface area contributed by atoms with Crippen molar-refractivity contribution in [1.82, 2.24) is 0 Å². The van der Waals surface area contributed by atoms with Crippen LogP contribution in [-0.4, -0.2) is 13.1 Å². The number of aryl methyl sites for hydroxylation is 2. The van der Waals surface area contributed by atoms with Crippen LogP contribution in [0.25, 0.3) is 0 Å². The van der Waals surface area contributed by atoms with Crippen LogP contribution in [0.15, 0.2) is 42.5 Å². The fourth-order valence-electron chi connectivity index (χ4n) is 1.97. The molecule has 0 aliphatic carbocycles. The second kappa shape index (κ2) is 5.57. The van der Waals surface area contributed by atoms with Crippen LogP contribution in [0.4, 0.5) is 0 Å². The number of esters is 1. The van der Waals surface area contributed by atoms with Crippen molar-refractivity contribution in [3.8, 4) is 11.5 Å². The average molecular weight is 256 g/mol. The molecule has 2 aromatic rings. The Bertz CT molecular complexity index is 582. The molecule has 0 bridgehead atoms. The van der Waals surface area contributed by atoms with Crippen LogP contribution in [0.3, 0.4) is 0 Å². The lowest BCUT2D eigenvalue weighted by Crippen LogP contribution is -2.10. The average Bonchev–Trinajstić information content (AvgIpc) is 2.37. The van der Waals surface area contributed by atoms with Gasteiger partial charge >= 0.3 is 5.97 Å². The van der Waals surface area contributed by atoms with E-state index in [0.717, 1.165) is 11.1 Å². The van der Waals surface area contributed by atoms with Gasteiger partial charge in [-0.05, 0) is 49.2 Å². The van der Waals surface area contributed by atoms with Gasteiger partial charge in [0.15, 0.2) is 0 Å². The summed E-state index contributed by atoms with van der Waals surface area (Å²) in [5, 5.41) is 0. The van der Waals surface area contributed by atoms with E-state index in [1.807, 2.05) is 38.1 Å². The molecule has 0 saturated carbocycles. The molecule has 0 N–H and O–H groups in total. The van der Waals surface area contributed by atoms with E-state index in [9.17, 15) is 4.79 Å². The molecule has 0 amide bonds. The summed E-state index contributed by atoms with van der Waals surface area (Å²) in [6.07, 6.45) is 0. The van der Waals surface area contributed by atoms with Gasteiger partial charge < -0.3 is 9.47 Å². The van der Waals surface area contributed by atoms with Gasteiger partial charge in [-0.1, -0.05) is 18.2 Å². The van der Waals surface area contributed by atoms with Gasteiger partial charge in [-0.3, -0.25) is 0 Å². The highest BCUT2D eigenvalue weighted by molar-refractivity contribution is 5.94. The second-order valence-electron chi connectivity index (χ2n) is 4.41. The monoisotopic (exact) mass is 256 g/mol. The van der Waals surface area contributed by atoms with E-state index < -0.39 is 5.97 Å². The SMILES string of the molecule is COc1ccccc1C(=O)Oc1cc(C)cc(C)c1. The molecule has 98 valence electrons. The Hall–Kier alpha value is -2.29. The molecule has 0 aromatic heterocycles. The van der Waals surface area contributed by atoms with E-state index in [2.05, 4.69) is 0 Å². The summed E-state index contributed by atoms with van der Waals surface area (Å²) in [7, 11) is 1.53. The molecule has 3 heteroatoms. The van der Waals surface area contributed by atoms with Crippen molar-refractivity contribution >= 4 is 5.97 Å². The van der Waals surface area contributed by atoms with Gasteiger partial charge in [-0.25, -0.2) is 4.79 Å². The fourth-order valence-corrected chi connectivity index (χ4v) is 1.97. The number of para-hydroxylation sites is 1. The third-order valence-corrected chi connectivity index (χ3v) is 2.73. The van der Waals surface area contributed by atoms with E-state index in [-0.39, 0.29) is 0 Å². The number of carbonyl (C=O) groups is 1. The minimum atomic E-state index is -0.414. The predicted octanol–water partition coefficient (Wildman–Crippen LogP) is 3.53. The van der Waals surface area contributed by atoms with Crippen molar-refractivity contribution in [3.63, 3.8) is 0 Å². The zero-order valence-electron chi connectivity index (χ0n) is 11.3. The van der Waals surface area contributed by atoms with Crippen LogP contribution >= 0.6 is 0 Å². The lowest BCUT2D eigenvalue weighted by Gasteiger charge is -2.09. The van der Waals surface area contributed by atoms with E-state index in [0.29, 0.717) is 17.1 Å². The maximum Gasteiger partial charge on any atom is 0.347 e. The Morgan fingerprint density at radius 1 is 1.00 bits per heavy atom. The van der Waals surface area contributed by atoms with Crippen molar-refractivity contribution in [2.75, 3.05) is 7.11 Å². The number of methoxy groups -OCH3 is 1. The molecule has 2 aromatic carbocycles. The zero-order chi connectivity index (χ0) is 13.8. The Morgan fingerprint density at radius 2 is 1.63 bits per heavy atom. The molecule has 19 heavy (non-hydrogen) atoms. The third-order valence-electron chi connectivity index (χ3n) is 2.73. The molecule has 0 unspecified atom stereocenters. The smallest absolute Gasteiger partial charge is 0.347 e. The molecule has 0 aliphatic rings.